The summed E-state index contributed by atoms with van der Waals surface area (Å²) in [5.74, 6) is 1.29. The fourth-order valence-corrected chi connectivity index (χ4v) is 4.83. The third kappa shape index (κ3) is 4.36. The van der Waals surface area contributed by atoms with Gasteiger partial charge in [-0.3, -0.25) is 9.78 Å². The Morgan fingerprint density at radius 2 is 1.74 bits per heavy atom. The van der Waals surface area contributed by atoms with Crippen LogP contribution >= 0.6 is 0 Å². The number of likely N-dealkylation sites (tertiary alicyclic amines) is 1. The number of ether oxygens (including phenoxy) is 1. The van der Waals surface area contributed by atoms with Crippen molar-refractivity contribution in [2.24, 2.45) is 5.92 Å². The third-order valence-electron chi connectivity index (χ3n) is 6.58. The van der Waals surface area contributed by atoms with Gasteiger partial charge in [0.05, 0.1) is 6.54 Å². The van der Waals surface area contributed by atoms with Gasteiger partial charge >= 0.3 is 6.03 Å². The average Bonchev–Trinajstić information content (AvgIpc) is 3.55. The zero-order chi connectivity index (χ0) is 21.2. The quantitative estimate of drug-likeness (QED) is 0.816. The number of nitrogens with one attached hydrogen (secondary N) is 1. The van der Waals surface area contributed by atoms with E-state index in [4.69, 9.17) is 4.74 Å². The first-order valence-electron chi connectivity index (χ1n) is 11.2. The van der Waals surface area contributed by atoms with Crippen molar-refractivity contribution in [2.75, 3.05) is 18.4 Å². The van der Waals surface area contributed by atoms with Crippen LogP contribution in [0.3, 0.4) is 0 Å². The van der Waals surface area contributed by atoms with E-state index in [1.807, 2.05) is 41.4 Å². The highest BCUT2D eigenvalue weighted by Crippen LogP contribution is 2.29. The molecule has 1 aliphatic carbocycles. The number of nitrogens with zero attached hydrogens (tertiary/aromatic N) is 3. The molecule has 1 saturated carbocycles. The van der Waals surface area contributed by atoms with E-state index in [-0.39, 0.29) is 18.1 Å². The topological polar surface area (TPSA) is 74.8 Å². The van der Waals surface area contributed by atoms with Crippen molar-refractivity contribution in [3.05, 3.63) is 53.9 Å². The molecule has 0 spiro atoms. The molecule has 2 aliphatic heterocycles. The number of carbonyl (C=O) groups excluding carboxylic acids is 2. The summed E-state index contributed by atoms with van der Waals surface area (Å²) in [5, 5.41) is 2.95. The summed E-state index contributed by atoms with van der Waals surface area (Å²) in [5.41, 5.74) is 2.97. The van der Waals surface area contributed by atoms with Gasteiger partial charge in [-0.15, -0.1) is 0 Å². The van der Waals surface area contributed by atoms with Crippen LogP contribution in [0.15, 0.2) is 42.7 Å². The van der Waals surface area contributed by atoms with Crippen LogP contribution < -0.4 is 10.1 Å². The summed E-state index contributed by atoms with van der Waals surface area (Å²) in [6.07, 6.45) is 8.89. The van der Waals surface area contributed by atoms with E-state index in [0.717, 1.165) is 48.4 Å². The summed E-state index contributed by atoms with van der Waals surface area (Å²) in [7, 11) is 0. The van der Waals surface area contributed by atoms with Crippen molar-refractivity contribution in [1.82, 2.24) is 14.8 Å². The average molecular weight is 421 g/mol. The van der Waals surface area contributed by atoms with Crippen LogP contribution in [0, 0.1) is 5.92 Å². The number of anilines is 1. The molecule has 162 valence electrons. The van der Waals surface area contributed by atoms with Crippen molar-refractivity contribution >= 4 is 17.6 Å². The molecule has 1 atom stereocenters. The highest BCUT2D eigenvalue weighted by atomic mass is 16.5. The highest BCUT2D eigenvalue weighted by Gasteiger charge is 2.33. The molecule has 7 heteroatoms. The number of benzene rings is 1. The van der Waals surface area contributed by atoms with Gasteiger partial charge in [-0.05, 0) is 54.3 Å². The Hall–Kier alpha value is -3.09. The number of hydrogen-bond acceptors (Lipinski definition) is 4. The zero-order valence-electron chi connectivity index (χ0n) is 17.6. The molecule has 1 N–H and O–H groups in total. The Morgan fingerprint density at radius 3 is 2.52 bits per heavy atom. The first-order chi connectivity index (χ1) is 15.2. The van der Waals surface area contributed by atoms with Gasteiger partial charge in [-0.25, -0.2) is 4.79 Å². The van der Waals surface area contributed by atoms with E-state index in [1.165, 1.54) is 12.8 Å². The Kier molecular flexibility index (Phi) is 5.49. The van der Waals surface area contributed by atoms with E-state index in [2.05, 4.69) is 10.3 Å². The monoisotopic (exact) mass is 420 g/mol. The first-order valence-corrected chi connectivity index (χ1v) is 11.2. The van der Waals surface area contributed by atoms with E-state index < -0.39 is 0 Å². The molecule has 2 fully saturated rings. The van der Waals surface area contributed by atoms with Crippen molar-refractivity contribution < 1.29 is 14.3 Å². The Labute approximate surface area is 182 Å². The number of pyridine rings is 1. The largest absolute Gasteiger partial charge is 0.489 e. The van der Waals surface area contributed by atoms with Crippen LogP contribution in [0.2, 0.25) is 0 Å². The minimum atomic E-state index is -0.123. The predicted molar refractivity (Wildman–Crippen MR) is 117 cm³/mol. The number of rotatable bonds is 4. The number of amides is 3. The van der Waals surface area contributed by atoms with Gasteiger partial charge in [0.2, 0.25) is 5.91 Å². The minimum Gasteiger partial charge on any atom is -0.489 e. The van der Waals surface area contributed by atoms with Crippen LogP contribution in [-0.4, -0.2) is 45.9 Å². The number of urea groups is 1. The molecular formula is C24H28N4O3. The number of aromatic nitrogens is 1. The second-order valence-corrected chi connectivity index (χ2v) is 8.75. The minimum absolute atomic E-state index is 0.0301. The lowest BCUT2D eigenvalue weighted by atomic mass is 10.1. The van der Waals surface area contributed by atoms with Gasteiger partial charge in [0.15, 0.2) is 0 Å². The lowest BCUT2D eigenvalue weighted by Crippen LogP contribution is -2.34. The standard InChI is InChI=1S/C24H28N4O3/c29-23(17-3-1-2-4-17)27-12-10-22(16-27)31-21-7-5-20(6-8-21)26-24(30)28-14-18-9-11-25-13-19(18)15-28/h5-9,11,13,17,22H,1-4,10,12,14-16H2,(H,26,30). The van der Waals surface area contributed by atoms with Crippen LogP contribution in [0.4, 0.5) is 10.5 Å². The lowest BCUT2D eigenvalue weighted by Gasteiger charge is -2.20. The molecular weight excluding hydrogens is 392 g/mol. The molecule has 1 aromatic carbocycles. The van der Waals surface area contributed by atoms with E-state index in [1.54, 1.807) is 11.1 Å². The summed E-state index contributed by atoms with van der Waals surface area (Å²) >= 11 is 0. The maximum Gasteiger partial charge on any atom is 0.322 e. The van der Waals surface area contributed by atoms with Gasteiger partial charge in [0.25, 0.3) is 0 Å². The molecule has 1 unspecified atom stereocenters. The predicted octanol–water partition coefficient (Wildman–Crippen LogP) is 3.80. The molecule has 3 amide bonds. The summed E-state index contributed by atoms with van der Waals surface area (Å²) < 4.78 is 6.10. The molecule has 1 aromatic heterocycles. The van der Waals surface area contributed by atoms with Crippen molar-refractivity contribution in [1.29, 1.82) is 0 Å². The second kappa shape index (κ2) is 8.57. The molecule has 0 radical (unpaired) electrons. The van der Waals surface area contributed by atoms with Crippen LogP contribution in [0.25, 0.3) is 0 Å². The zero-order valence-corrected chi connectivity index (χ0v) is 17.6. The van der Waals surface area contributed by atoms with Crippen molar-refractivity contribution in [3.63, 3.8) is 0 Å². The van der Waals surface area contributed by atoms with E-state index in [9.17, 15) is 9.59 Å². The lowest BCUT2D eigenvalue weighted by molar-refractivity contribution is -0.134. The maximum atomic E-state index is 12.6. The molecule has 2 aromatic rings. The molecule has 5 rings (SSSR count). The molecule has 7 nitrogen and oxygen atoms in total. The highest BCUT2D eigenvalue weighted by molar-refractivity contribution is 5.89. The van der Waals surface area contributed by atoms with Crippen LogP contribution in [-0.2, 0) is 17.9 Å². The van der Waals surface area contributed by atoms with Crippen LogP contribution in [0.1, 0.15) is 43.2 Å². The van der Waals surface area contributed by atoms with Crippen LogP contribution in [0.5, 0.6) is 5.75 Å². The summed E-state index contributed by atoms with van der Waals surface area (Å²) in [6, 6.07) is 9.30. The number of hydrogen-bond donors (Lipinski definition) is 1. The Morgan fingerprint density at radius 1 is 0.968 bits per heavy atom. The van der Waals surface area contributed by atoms with Gasteiger partial charge in [-0.1, -0.05) is 12.8 Å². The van der Waals surface area contributed by atoms with Gasteiger partial charge in [0, 0.05) is 50.1 Å². The van der Waals surface area contributed by atoms with Gasteiger partial charge < -0.3 is 19.9 Å². The smallest absolute Gasteiger partial charge is 0.322 e. The number of carbonyl (C=O) groups is 2. The summed E-state index contributed by atoms with van der Waals surface area (Å²) in [6.45, 7) is 2.62. The Bertz CT molecular complexity index is 931. The van der Waals surface area contributed by atoms with Crippen molar-refractivity contribution in [2.45, 2.75) is 51.3 Å². The molecule has 1 saturated heterocycles. The molecule has 0 bridgehead atoms. The van der Waals surface area contributed by atoms with Gasteiger partial charge in [-0.2, -0.15) is 0 Å². The molecule has 3 heterocycles. The Balaban J connectivity index is 1.11. The summed E-state index contributed by atoms with van der Waals surface area (Å²) in [4.78, 5) is 33.0. The molecule has 31 heavy (non-hydrogen) atoms. The fraction of sp³-hybridized carbons (Fsp3) is 0.458. The normalized spacial score (nSPS) is 20.7. The van der Waals surface area contributed by atoms with Gasteiger partial charge in [0.1, 0.15) is 11.9 Å². The SMILES string of the molecule is O=C(Nc1ccc(OC2CCN(C(=O)C3CCCC3)C2)cc1)N1Cc2ccncc2C1. The van der Waals surface area contributed by atoms with Crippen molar-refractivity contribution in [3.8, 4) is 5.75 Å². The van der Waals surface area contributed by atoms with E-state index in [0.29, 0.717) is 25.5 Å². The molecule has 3 aliphatic rings. The second-order valence-electron chi connectivity index (χ2n) is 8.75. The number of fused-ring (bicyclic) bond motifs is 1. The third-order valence-corrected chi connectivity index (χ3v) is 6.58. The maximum absolute atomic E-state index is 12.6. The van der Waals surface area contributed by atoms with E-state index >= 15 is 0 Å². The fourth-order valence-electron chi connectivity index (χ4n) is 4.83. The first kappa shape index (κ1) is 19.8.